The van der Waals surface area contributed by atoms with Gasteiger partial charge in [-0.05, 0) is 51.3 Å². The molecule has 0 radical (unpaired) electrons. The van der Waals surface area contributed by atoms with Gasteiger partial charge in [-0.25, -0.2) is 9.18 Å². The maximum Gasteiger partial charge on any atom is 0.411 e. The molecule has 1 aromatic rings. The average molecular weight is 363 g/mol. The minimum Gasteiger partial charge on any atom is -0.497 e. The van der Waals surface area contributed by atoms with Crippen molar-refractivity contribution in [1.29, 1.82) is 0 Å². The van der Waals surface area contributed by atoms with E-state index in [1.807, 2.05) is 26.8 Å². The van der Waals surface area contributed by atoms with E-state index in [9.17, 15) is 9.18 Å². The van der Waals surface area contributed by atoms with E-state index >= 15 is 0 Å². The van der Waals surface area contributed by atoms with Gasteiger partial charge < -0.3 is 14.2 Å². The van der Waals surface area contributed by atoms with Gasteiger partial charge in [0.05, 0.1) is 32.4 Å². The molecule has 0 aromatic heterocycles. The molecule has 2 unspecified atom stereocenters. The molecule has 2 heterocycles. The molecule has 1 saturated heterocycles. The van der Waals surface area contributed by atoms with Gasteiger partial charge in [-0.15, -0.1) is 0 Å². The maximum absolute atomic E-state index is 13.7. The summed E-state index contributed by atoms with van der Waals surface area (Å²) >= 11 is 0. The molecule has 0 aliphatic carbocycles. The Balaban J connectivity index is 1.78. The first kappa shape index (κ1) is 18.7. The molecule has 2 atom stereocenters. The lowest BCUT2D eigenvalue weighted by molar-refractivity contribution is -0.0536. The van der Waals surface area contributed by atoms with Gasteiger partial charge in [0, 0.05) is 6.07 Å². The third kappa shape index (κ3) is 4.36. The Morgan fingerprint density at radius 2 is 2.08 bits per heavy atom. The number of rotatable bonds is 3. The molecule has 3 rings (SSSR count). The van der Waals surface area contributed by atoms with Crippen LogP contribution in [0.25, 0.3) is 0 Å². The van der Waals surface area contributed by atoms with Crippen molar-refractivity contribution in [2.45, 2.75) is 51.3 Å². The molecule has 0 saturated carbocycles. The van der Waals surface area contributed by atoms with Crippen LogP contribution in [-0.4, -0.2) is 49.0 Å². The Bertz CT molecular complexity index is 710. The van der Waals surface area contributed by atoms with Crippen LogP contribution in [0.5, 0.6) is 5.75 Å². The zero-order chi connectivity index (χ0) is 18.9. The van der Waals surface area contributed by atoms with E-state index in [0.29, 0.717) is 31.8 Å². The van der Waals surface area contributed by atoms with E-state index in [-0.39, 0.29) is 24.0 Å². The molecule has 2 aliphatic rings. The Kier molecular flexibility index (Phi) is 5.23. The fourth-order valence-electron chi connectivity index (χ4n) is 3.52. The molecular weight excluding hydrogens is 337 g/mol. The van der Waals surface area contributed by atoms with Gasteiger partial charge in [0.25, 0.3) is 0 Å². The third-order valence-electron chi connectivity index (χ3n) is 4.48. The van der Waals surface area contributed by atoms with Gasteiger partial charge >= 0.3 is 6.09 Å². The van der Waals surface area contributed by atoms with E-state index in [2.05, 4.69) is 6.08 Å². The van der Waals surface area contributed by atoms with Crippen molar-refractivity contribution >= 4 is 6.09 Å². The van der Waals surface area contributed by atoms with E-state index in [1.165, 1.54) is 24.8 Å². The predicted octanol–water partition coefficient (Wildman–Crippen LogP) is 3.71. The molecule has 2 aliphatic heterocycles. The first-order valence-corrected chi connectivity index (χ1v) is 8.87. The second-order valence-corrected chi connectivity index (χ2v) is 7.85. The number of fused-ring (bicyclic) bond motifs is 2. The molecule has 1 amide bonds. The smallest absolute Gasteiger partial charge is 0.411 e. The Morgan fingerprint density at radius 1 is 1.31 bits per heavy atom. The Labute approximate surface area is 153 Å². The molecule has 1 aromatic carbocycles. The summed E-state index contributed by atoms with van der Waals surface area (Å²) in [4.78, 5) is 14.4. The standard InChI is InChI=1S/C20H26FNO4/c1-20(2,3)26-19(23)22-16-7-14(8-17(22)12-25-11-16)5-13-6-15(21)10-18(9-13)24-4/h6-7,9-10,16-17H,5,8,11-12H2,1-4H3. The Morgan fingerprint density at radius 3 is 2.73 bits per heavy atom. The van der Waals surface area contributed by atoms with Crippen LogP contribution in [0.2, 0.25) is 0 Å². The number of carbonyl (C=O) groups excluding carboxylic acids is 1. The minimum absolute atomic E-state index is 0.0564. The topological polar surface area (TPSA) is 48.0 Å². The van der Waals surface area contributed by atoms with Crippen LogP contribution in [0, 0.1) is 5.82 Å². The van der Waals surface area contributed by atoms with Gasteiger partial charge in [0.15, 0.2) is 0 Å². The van der Waals surface area contributed by atoms with E-state index in [1.54, 1.807) is 4.90 Å². The van der Waals surface area contributed by atoms with Crippen LogP contribution in [0.15, 0.2) is 29.8 Å². The minimum atomic E-state index is -0.533. The number of amides is 1. The highest BCUT2D eigenvalue weighted by Gasteiger charge is 2.39. The second-order valence-electron chi connectivity index (χ2n) is 7.85. The monoisotopic (exact) mass is 363 g/mol. The highest BCUT2D eigenvalue weighted by atomic mass is 19.1. The number of carbonyl (C=O) groups is 1. The SMILES string of the molecule is COc1cc(F)cc(CC2=CC3COCC(C2)N3C(=O)OC(C)(C)C)c1. The zero-order valence-corrected chi connectivity index (χ0v) is 15.8. The van der Waals surface area contributed by atoms with Crippen molar-refractivity contribution in [3.8, 4) is 5.75 Å². The van der Waals surface area contributed by atoms with E-state index < -0.39 is 5.60 Å². The molecular formula is C20H26FNO4. The van der Waals surface area contributed by atoms with Crippen LogP contribution >= 0.6 is 0 Å². The first-order valence-electron chi connectivity index (χ1n) is 8.87. The number of benzene rings is 1. The normalized spacial score (nSPS) is 22.7. The van der Waals surface area contributed by atoms with Gasteiger partial charge in [0.2, 0.25) is 0 Å². The van der Waals surface area contributed by atoms with Gasteiger partial charge in [-0.3, -0.25) is 4.90 Å². The predicted molar refractivity (Wildman–Crippen MR) is 95.8 cm³/mol. The maximum atomic E-state index is 13.7. The summed E-state index contributed by atoms with van der Waals surface area (Å²) in [7, 11) is 1.53. The molecule has 2 bridgehead atoms. The summed E-state index contributed by atoms with van der Waals surface area (Å²) in [5.41, 5.74) is 1.50. The highest BCUT2D eigenvalue weighted by molar-refractivity contribution is 5.70. The summed E-state index contributed by atoms with van der Waals surface area (Å²) in [5, 5.41) is 0. The number of hydrogen-bond donors (Lipinski definition) is 0. The van der Waals surface area contributed by atoms with Crippen molar-refractivity contribution in [3.05, 3.63) is 41.2 Å². The lowest BCUT2D eigenvalue weighted by Crippen LogP contribution is -2.57. The van der Waals surface area contributed by atoms with Gasteiger partial charge in [-0.1, -0.05) is 11.6 Å². The van der Waals surface area contributed by atoms with Crippen molar-refractivity contribution < 1.29 is 23.4 Å². The molecule has 0 N–H and O–H groups in total. The molecule has 0 spiro atoms. The molecule has 26 heavy (non-hydrogen) atoms. The first-order chi connectivity index (χ1) is 12.2. The van der Waals surface area contributed by atoms with Crippen molar-refractivity contribution in [2.75, 3.05) is 20.3 Å². The van der Waals surface area contributed by atoms with Crippen molar-refractivity contribution in [1.82, 2.24) is 4.90 Å². The summed E-state index contributed by atoms with van der Waals surface area (Å²) in [6.45, 7) is 6.52. The third-order valence-corrected chi connectivity index (χ3v) is 4.48. The summed E-state index contributed by atoms with van der Waals surface area (Å²) in [5.74, 6) is 0.199. The van der Waals surface area contributed by atoms with Crippen LogP contribution in [-0.2, 0) is 15.9 Å². The molecule has 5 nitrogen and oxygen atoms in total. The highest BCUT2D eigenvalue weighted by Crippen LogP contribution is 2.31. The van der Waals surface area contributed by atoms with Crippen LogP contribution in [0.3, 0.4) is 0 Å². The van der Waals surface area contributed by atoms with Crippen LogP contribution in [0.4, 0.5) is 9.18 Å². The number of morpholine rings is 1. The number of hydrogen-bond acceptors (Lipinski definition) is 4. The second kappa shape index (κ2) is 7.27. The van der Waals surface area contributed by atoms with Gasteiger partial charge in [0.1, 0.15) is 17.2 Å². The molecule has 1 fully saturated rings. The zero-order valence-electron chi connectivity index (χ0n) is 15.8. The van der Waals surface area contributed by atoms with Crippen molar-refractivity contribution in [2.24, 2.45) is 0 Å². The molecule has 6 heteroatoms. The summed E-state index contributed by atoms with van der Waals surface area (Å²) in [6.07, 6.45) is 3.06. The fourth-order valence-corrected chi connectivity index (χ4v) is 3.52. The lowest BCUT2D eigenvalue weighted by atomic mass is 9.90. The van der Waals surface area contributed by atoms with Gasteiger partial charge in [-0.2, -0.15) is 0 Å². The summed E-state index contributed by atoms with van der Waals surface area (Å²) < 4.78 is 30.1. The number of halogens is 1. The average Bonchev–Trinajstić information content (AvgIpc) is 2.51. The van der Waals surface area contributed by atoms with E-state index in [4.69, 9.17) is 14.2 Å². The number of nitrogens with zero attached hydrogens (tertiary/aromatic N) is 1. The van der Waals surface area contributed by atoms with Crippen LogP contribution in [0.1, 0.15) is 32.8 Å². The number of ether oxygens (including phenoxy) is 3. The summed E-state index contributed by atoms with van der Waals surface area (Å²) in [6, 6.07) is 4.53. The molecule has 142 valence electrons. The van der Waals surface area contributed by atoms with E-state index in [0.717, 1.165) is 5.56 Å². The lowest BCUT2D eigenvalue weighted by Gasteiger charge is -2.44. The van der Waals surface area contributed by atoms with Crippen LogP contribution < -0.4 is 4.74 Å². The Hall–Kier alpha value is -2.08. The number of methoxy groups -OCH3 is 1. The largest absolute Gasteiger partial charge is 0.497 e. The fraction of sp³-hybridized carbons (Fsp3) is 0.550. The van der Waals surface area contributed by atoms with Crippen molar-refractivity contribution in [3.63, 3.8) is 0 Å². The quantitative estimate of drug-likeness (QED) is 0.768.